The number of carbonyl (C=O) groups is 1. The molecule has 4 rings (SSSR count). The quantitative estimate of drug-likeness (QED) is 0.0893. The molecule has 12 nitrogen and oxygen atoms in total. The highest BCUT2D eigenvalue weighted by Gasteiger charge is 2.22. The van der Waals surface area contributed by atoms with Gasteiger partial charge in [-0.1, -0.05) is 0 Å². The van der Waals surface area contributed by atoms with Gasteiger partial charge in [-0.15, -0.1) is 0 Å². The second-order valence-electron chi connectivity index (χ2n) is 7.32. The second-order valence-corrected chi connectivity index (χ2v) is 8.88. The lowest BCUT2D eigenvalue weighted by Gasteiger charge is -2.13. The number of nitrogen functional groups attached to an aromatic ring is 1. The third-order valence-corrected chi connectivity index (χ3v) is 6.02. The minimum absolute atomic E-state index is 0.0112. The van der Waals surface area contributed by atoms with Gasteiger partial charge in [-0.25, -0.2) is 24.0 Å². The van der Waals surface area contributed by atoms with Gasteiger partial charge < -0.3 is 20.9 Å². The molecule has 0 atom stereocenters. The van der Waals surface area contributed by atoms with Crippen molar-refractivity contribution in [1.82, 2.24) is 15.4 Å². The fraction of sp³-hybridized carbons (Fsp3) is 0. The number of nitrogens with one attached hydrogen (secondary N) is 3. The minimum atomic E-state index is -4.14. The molecule has 34 heavy (non-hydrogen) atoms. The monoisotopic (exact) mass is 482 g/mol. The molecule has 13 heteroatoms. The fourth-order valence-electron chi connectivity index (χ4n) is 3.42. The number of primary sulfonamides is 1. The molecule has 0 radical (unpaired) electrons. The smallest absolute Gasteiger partial charge is 0.274 e. The van der Waals surface area contributed by atoms with Crippen molar-refractivity contribution in [2.24, 2.45) is 10.9 Å². The van der Waals surface area contributed by atoms with Gasteiger partial charge in [-0.05, 0) is 48.5 Å². The summed E-state index contributed by atoms with van der Waals surface area (Å²) in [5.74, 6) is -1.82. The van der Waals surface area contributed by atoms with Gasteiger partial charge in [0.25, 0.3) is 5.91 Å². The first-order valence-corrected chi connectivity index (χ1v) is 11.1. The topological polar surface area (TPSA) is 228 Å². The summed E-state index contributed by atoms with van der Waals surface area (Å²) in [6.45, 7) is 0. The van der Waals surface area contributed by atoms with Crippen LogP contribution in [-0.2, 0) is 10.0 Å². The van der Waals surface area contributed by atoms with Crippen LogP contribution in [0.3, 0.4) is 0 Å². The fourth-order valence-corrected chi connectivity index (χ4v) is 3.96. The summed E-state index contributed by atoms with van der Waals surface area (Å²) in [6.07, 6.45) is 0. The molecule has 4 aromatic rings. The molecule has 0 aliphatic heterocycles. The van der Waals surface area contributed by atoms with E-state index in [0.29, 0.717) is 16.6 Å². The Bertz CT molecular complexity index is 1600. The predicted octanol–water partition coefficient (Wildman–Crippen LogP) is 1.36. The number of carbonyl (C=O) groups excluding carboxylic acids is 1. The van der Waals surface area contributed by atoms with Crippen LogP contribution in [0.25, 0.3) is 33.5 Å². The van der Waals surface area contributed by atoms with Crippen molar-refractivity contribution in [2.75, 3.05) is 0 Å². The van der Waals surface area contributed by atoms with Crippen molar-refractivity contribution in [3.63, 3.8) is 0 Å². The normalized spacial score (nSPS) is 11.5. The van der Waals surface area contributed by atoms with E-state index >= 15 is 0 Å². The SMILES string of the molecule is N=C(N)c1ccc2[nH]c(-c3cc(C(=O)NO)cc(-c4cc(S(N)(=O)=O)ccc4O)c3O)nc2c1. The van der Waals surface area contributed by atoms with Gasteiger partial charge in [-0.3, -0.25) is 15.4 Å². The zero-order chi connectivity index (χ0) is 24.8. The molecule has 1 heterocycles. The summed E-state index contributed by atoms with van der Waals surface area (Å²) in [5, 5.41) is 43.3. The summed E-state index contributed by atoms with van der Waals surface area (Å²) in [4.78, 5) is 19.2. The number of hydrogen-bond acceptors (Lipinski definition) is 8. The van der Waals surface area contributed by atoms with Crippen LogP contribution in [0.2, 0.25) is 0 Å². The number of aromatic nitrogens is 2. The average molecular weight is 482 g/mol. The number of rotatable bonds is 5. The van der Waals surface area contributed by atoms with E-state index in [2.05, 4.69) is 9.97 Å². The Labute approximate surface area is 192 Å². The molecule has 10 N–H and O–H groups in total. The van der Waals surface area contributed by atoms with Gasteiger partial charge >= 0.3 is 0 Å². The number of phenols is 2. The van der Waals surface area contributed by atoms with Crippen molar-refractivity contribution in [3.05, 3.63) is 59.7 Å². The zero-order valence-corrected chi connectivity index (χ0v) is 18.0. The Balaban J connectivity index is 1.99. The molecule has 0 spiro atoms. The summed E-state index contributed by atoms with van der Waals surface area (Å²) >= 11 is 0. The van der Waals surface area contributed by atoms with E-state index in [4.69, 9.17) is 21.5 Å². The average Bonchev–Trinajstić information content (AvgIpc) is 3.21. The van der Waals surface area contributed by atoms with Crippen LogP contribution < -0.4 is 16.4 Å². The standard InChI is InChI=1S/C21H18N6O6S/c22-19(23)9-1-3-15-16(7-9)26-20(25-15)14-6-10(21(30)27-31)5-13(18(14)29)12-8-11(34(24,32)33)2-4-17(12)28/h1-8,28-29,31H,(H3,22,23)(H,25,26)(H,27,30)(H2,24,32,33). The number of benzene rings is 3. The number of phenolic OH excluding ortho intramolecular Hbond substituents is 2. The third-order valence-electron chi connectivity index (χ3n) is 5.11. The molecule has 0 fully saturated rings. The summed E-state index contributed by atoms with van der Waals surface area (Å²) in [7, 11) is -4.14. The molecular weight excluding hydrogens is 464 g/mol. The highest BCUT2D eigenvalue weighted by molar-refractivity contribution is 7.89. The highest BCUT2D eigenvalue weighted by atomic mass is 32.2. The number of amidine groups is 1. The maximum Gasteiger partial charge on any atom is 0.274 e. The van der Waals surface area contributed by atoms with Crippen LogP contribution >= 0.6 is 0 Å². The Morgan fingerprint density at radius 3 is 2.35 bits per heavy atom. The minimum Gasteiger partial charge on any atom is -0.507 e. The van der Waals surface area contributed by atoms with Crippen molar-refractivity contribution < 1.29 is 28.6 Å². The molecular formula is C21H18N6O6S. The summed E-state index contributed by atoms with van der Waals surface area (Å²) in [5.41, 5.74) is 8.02. The van der Waals surface area contributed by atoms with E-state index in [-0.39, 0.29) is 38.8 Å². The number of nitrogens with zero attached hydrogens (tertiary/aromatic N) is 1. The van der Waals surface area contributed by atoms with Crippen molar-refractivity contribution in [1.29, 1.82) is 5.41 Å². The molecule has 174 valence electrons. The van der Waals surface area contributed by atoms with Gasteiger partial charge in [0.15, 0.2) is 0 Å². The van der Waals surface area contributed by atoms with Crippen molar-refractivity contribution in [3.8, 4) is 34.0 Å². The number of sulfonamides is 1. The Morgan fingerprint density at radius 2 is 1.71 bits per heavy atom. The number of hydroxylamine groups is 1. The van der Waals surface area contributed by atoms with Crippen molar-refractivity contribution in [2.45, 2.75) is 4.90 Å². The molecule has 0 aliphatic carbocycles. The number of aromatic hydroxyl groups is 2. The lowest BCUT2D eigenvalue weighted by Crippen LogP contribution is -2.18. The number of fused-ring (bicyclic) bond motifs is 1. The van der Waals surface area contributed by atoms with Gasteiger partial charge in [0.2, 0.25) is 10.0 Å². The lowest BCUT2D eigenvalue weighted by atomic mass is 9.96. The Morgan fingerprint density at radius 1 is 1.00 bits per heavy atom. The maximum atomic E-state index is 12.2. The van der Waals surface area contributed by atoms with E-state index < -0.39 is 27.4 Å². The first kappa shape index (κ1) is 22.7. The molecule has 1 amide bonds. The van der Waals surface area contributed by atoms with Crippen molar-refractivity contribution >= 4 is 32.8 Å². The number of H-pyrrole nitrogens is 1. The third kappa shape index (κ3) is 4.01. The summed E-state index contributed by atoms with van der Waals surface area (Å²) in [6, 6.07) is 10.4. The summed E-state index contributed by atoms with van der Waals surface area (Å²) < 4.78 is 23.6. The molecule has 0 unspecified atom stereocenters. The lowest BCUT2D eigenvalue weighted by molar-refractivity contribution is 0.0706. The maximum absolute atomic E-state index is 12.2. The van der Waals surface area contributed by atoms with Crippen LogP contribution in [0.15, 0.2) is 53.4 Å². The largest absolute Gasteiger partial charge is 0.507 e. The van der Waals surface area contributed by atoms with Crippen LogP contribution in [0, 0.1) is 5.41 Å². The molecule has 0 aliphatic rings. The molecule has 0 saturated heterocycles. The number of aromatic amines is 1. The van der Waals surface area contributed by atoms with Crippen LogP contribution in [0.1, 0.15) is 15.9 Å². The Kier molecular flexibility index (Phi) is 5.45. The van der Waals surface area contributed by atoms with E-state index in [1.807, 2.05) is 0 Å². The molecule has 0 bridgehead atoms. The van der Waals surface area contributed by atoms with E-state index in [0.717, 1.165) is 24.3 Å². The van der Waals surface area contributed by atoms with Crippen LogP contribution in [0.4, 0.5) is 0 Å². The highest BCUT2D eigenvalue weighted by Crippen LogP contribution is 2.42. The van der Waals surface area contributed by atoms with E-state index in [9.17, 15) is 23.4 Å². The number of imidazole rings is 1. The Hall–Kier alpha value is -4.46. The number of amides is 1. The van der Waals surface area contributed by atoms with Gasteiger partial charge in [-0.2, -0.15) is 0 Å². The first-order valence-electron chi connectivity index (χ1n) is 9.51. The zero-order valence-electron chi connectivity index (χ0n) is 17.2. The predicted molar refractivity (Wildman–Crippen MR) is 122 cm³/mol. The van der Waals surface area contributed by atoms with E-state index in [1.165, 1.54) is 11.5 Å². The van der Waals surface area contributed by atoms with Crippen LogP contribution in [-0.4, -0.2) is 45.5 Å². The van der Waals surface area contributed by atoms with Crippen LogP contribution in [0.5, 0.6) is 11.5 Å². The molecule has 3 aromatic carbocycles. The van der Waals surface area contributed by atoms with Gasteiger partial charge in [0.05, 0.1) is 21.5 Å². The first-order chi connectivity index (χ1) is 16.0. The molecule has 0 saturated carbocycles. The van der Waals surface area contributed by atoms with Gasteiger partial charge in [0, 0.05) is 22.3 Å². The van der Waals surface area contributed by atoms with Gasteiger partial charge in [0.1, 0.15) is 23.2 Å². The number of hydrogen-bond donors (Lipinski definition) is 8. The second kappa shape index (κ2) is 8.15. The number of nitrogens with two attached hydrogens (primary N) is 2. The van der Waals surface area contributed by atoms with E-state index in [1.54, 1.807) is 18.2 Å². The molecule has 1 aromatic heterocycles.